The molecule has 0 aliphatic rings. The van der Waals surface area contributed by atoms with Crippen LogP contribution in [0.1, 0.15) is 41.5 Å². The van der Waals surface area contributed by atoms with Crippen molar-refractivity contribution in [3.05, 3.63) is 83.7 Å². The predicted octanol–water partition coefficient (Wildman–Crippen LogP) is 5.58. The molecule has 0 saturated heterocycles. The summed E-state index contributed by atoms with van der Waals surface area (Å²) in [6, 6.07) is 17.4. The maximum absolute atomic E-state index is 13.5. The zero-order chi connectivity index (χ0) is 27.4. The third-order valence-corrected chi connectivity index (χ3v) is 6.20. The van der Waals surface area contributed by atoms with Crippen LogP contribution in [0.25, 0.3) is 33.4 Å². The second-order valence-electron chi connectivity index (χ2n) is 9.13. The van der Waals surface area contributed by atoms with Gasteiger partial charge in [-0.2, -0.15) is 0 Å². The maximum atomic E-state index is 13.5. The molecule has 2 N–H and O–H groups in total. The Morgan fingerprint density at radius 3 is 2.26 bits per heavy atom. The smallest absolute Gasteiger partial charge is 0.328 e. The van der Waals surface area contributed by atoms with Gasteiger partial charge in [-0.1, -0.05) is 32.0 Å². The molecule has 0 aliphatic carbocycles. The Morgan fingerprint density at radius 1 is 0.921 bits per heavy atom. The molecule has 38 heavy (non-hydrogen) atoms. The van der Waals surface area contributed by atoms with Crippen molar-refractivity contribution < 1.29 is 27.9 Å². The largest absolute Gasteiger partial charge is 0.464 e. The van der Waals surface area contributed by atoms with Crippen molar-refractivity contribution in [1.82, 2.24) is 10.6 Å². The van der Waals surface area contributed by atoms with Gasteiger partial charge in [0.2, 0.25) is 0 Å². The number of rotatable bonds is 8. The number of hydrogen-bond acceptors (Lipinski definition) is 5. The summed E-state index contributed by atoms with van der Waals surface area (Å²) in [5.41, 5.74) is 3.28. The number of ether oxygens (including phenoxy) is 1. The molecule has 0 saturated carbocycles. The molecule has 0 bridgehead atoms. The summed E-state index contributed by atoms with van der Waals surface area (Å²) in [6.45, 7) is 5.62. The second-order valence-corrected chi connectivity index (χ2v) is 9.13. The molecule has 1 unspecified atom stereocenters. The van der Waals surface area contributed by atoms with Gasteiger partial charge in [-0.25, -0.2) is 9.18 Å². The van der Waals surface area contributed by atoms with Crippen molar-refractivity contribution in [1.29, 1.82) is 0 Å². The monoisotopic (exact) mass is 516 g/mol. The van der Waals surface area contributed by atoms with Crippen LogP contribution in [0.3, 0.4) is 0 Å². The first-order chi connectivity index (χ1) is 18.2. The zero-order valence-electron chi connectivity index (χ0n) is 21.6. The van der Waals surface area contributed by atoms with E-state index in [1.165, 1.54) is 19.2 Å². The summed E-state index contributed by atoms with van der Waals surface area (Å²) in [5.74, 6) is -1.42. The van der Waals surface area contributed by atoms with E-state index in [1.807, 2.05) is 32.0 Å². The van der Waals surface area contributed by atoms with Crippen molar-refractivity contribution in [3.63, 3.8) is 0 Å². The number of halogens is 1. The van der Waals surface area contributed by atoms with Gasteiger partial charge in [0.25, 0.3) is 11.8 Å². The van der Waals surface area contributed by atoms with Crippen LogP contribution >= 0.6 is 0 Å². The lowest BCUT2D eigenvalue weighted by molar-refractivity contribution is -0.146. The van der Waals surface area contributed by atoms with Gasteiger partial charge in [0.05, 0.1) is 12.2 Å². The second kappa shape index (κ2) is 11.3. The van der Waals surface area contributed by atoms with Crippen LogP contribution in [0.2, 0.25) is 0 Å². The van der Waals surface area contributed by atoms with E-state index in [9.17, 15) is 18.8 Å². The molecule has 0 radical (unpaired) electrons. The van der Waals surface area contributed by atoms with Crippen molar-refractivity contribution in [2.75, 3.05) is 13.7 Å². The lowest BCUT2D eigenvalue weighted by Gasteiger charge is -2.20. The lowest BCUT2D eigenvalue weighted by atomic mass is 9.98. The van der Waals surface area contributed by atoms with Gasteiger partial charge in [-0.15, -0.1) is 0 Å². The number of benzene rings is 3. The molecule has 8 heteroatoms. The molecule has 4 rings (SSSR count). The van der Waals surface area contributed by atoms with Crippen LogP contribution in [0.5, 0.6) is 0 Å². The van der Waals surface area contributed by atoms with Crippen molar-refractivity contribution >= 4 is 28.8 Å². The number of furan rings is 1. The number of carbonyl (C=O) groups excluding carboxylic acids is 3. The van der Waals surface area contributed by atoms with E-state index in [4.69, 9.17) is 9.15 Å². The van der Waals surface area contributed by atoms with E-state index >= 15 is 0 Å². The first kappa shape index (κ1) is 26.6. The van der Waals surface area contributed by atoms with E-state index in [-0.39, 0.29) is 24.2 Å². The summed E-state index contributed by atoms with van der Waals surface area (Å²) in [5, 5.41) is 6.00. The summed E-state index contributed by atoms with van der Waals surface area (Å²) in [4.78, 5) is 38.2. The van der Waals surface area contributed by atoms with Gasteiger partial charge < -0.3 is 19.8 Å². The number of amides is 2. The van der Waals surface area contributed by atoms with Gasteiger partial charge in [-0.3, -0.25) is 9.59 Å². The van der Waals surface area contributed by atoms with Crippen LogP contribution in [0, 0.1) is 11.7 Å². The number of nitrogens with one attached hydrogen (secondary N) is 2. The highest BCUT2D eigenvalue weighted by Gasteiger charge is 2.26. The Bertz CT molecular complexity index is 1490. The van der Waals surface area contributed by atoms with Crippen molar-refractivity contribution in [3.8, 4) is 22.5 Å². The van der Waals surface area contributed by atoms with Crippen LogP contribution in [0.4, 0.5) is 4.39 Å². The minimum Gasteiger partial charge on any atom is -0.464 e. The lowest BCUT2D eigenvalue weighted by Crippen LogP contribution is -2.45. The third kappa shape index (κ3) is 5.44. The fourth-order valence-corrected chi connectivity index (χ4v) is 4.23. The number of fused-ring (bicyclic) bond motifs is 1. The number of carbonyl (C=O) groups is 3. The van der Waals surface area contributed by atoms with Crippen LogP contribution in [-0.4, -0.2) is 37.5 Å². The van der Waals surface area contributed by atoms with Crippen LogP contribution in [-0.2, 0) is 9.53 Å². The van der Waals surface area contributed by atoms with Crippen LogP contribution < -0.4 is 10.6 Å². The molecule has 1 aromatic heterocycles. The quantitative estimate of drug-likeness (QED) is 0.298. The van der Waals surface area contributed by atoms with Gasteiger partial charge in [0.15, 0.2) is 0 Å². The molecule has 1 atom stereocenters. The minimum absolute atomic E-state index is 0.150. The van der Waals surface area contributed by atoms with Gasteiger partial charge in [-0.05, 0) is 72.5 Å². The first-order valence-corrected chi connectivity index (χ1v) is 12.4. The Balaban J connectivity index is 1.72. The Kier molecular flexibility index (Phi) is 7.90. The average Bonchev–Trinajstić information content (AvgIpc) is 3.30. The van der Waals surface area contributed by atoms with Crippen molar-refractivity contribution in [2.24, 2.45) is 5.92 Å². The predicted molar refractivity (Wildman–Crippen MR) is 143 cm³/mol. The molecule has 3 aromatic carbocycles. The number of esters is 1. The van der Waals surface area contributed by atoms with Gasteiger partial charge in [0.1, 0.15) is 23.2 Å². The number of hydrogen-bond donors (Lipinski definition) is 2. The van der Waals surface area contributed by atoms with E-state index in [0.717, 1.165) is 11.1 Å². The third-order valence-electron chi connectivity index (χ3n) is 6.20. The molecule has 4 aromatic rings. The fourth-order valence-electron chi connectivity index (χ4n) is 4.23. The molecular weight excluding hydrogens is 487 g/mol. The summed E-state index contributed by atoms with van der Waals surface area (Å²) in [7, 11) is 1.53. The standard InChI is InChI=1S/C30H29FN2O5/c1-5-37-30(36)26(17(2)3)33-28(34)21-8-6-7-19(15-21)20-11-14-24-23(16-20)25(29(35)32-4)27(38-24)18-9-12-22(31)13-10-18/h6-17,26H,5H2,1-4H3,(H,32,35)(H,33,34). The first-order valence-electron chi connectivity index (χ1n) is 12.4. The summed E-state index contributed by atoms with van der Waals surface area (Å²) < 4.78 is 24.6. The Hall–Kier alpha value is -4.46. The molecule has 0 spiro atoms. The molecule has 0 aliphatic heterocycles. The highest BCUT2D eigenvalue weighted by molar-refractivity contribution is 6.12. The maximum Gasteiger partial charge on any atom is 0.328 e. The SMILES string of the molecule is CCOC(=O)C(NC(=O)c1cccc(-c2ccc3oc(-c4ccc(F)cc4)c(C(=O)NC)c3c2)c1)C(C)C. The van der Waals surface area contributed by atoms with E-state index in [1.54, 1.807) is 43.3 Å². The normalized spacial score (nSPS) is 11.8. The summed E-state index contributed by atoms with van der Waals surface area (Å²) in [6.07, 6.45) is 0. The minimum atomic E-state index is -0.770. The average molecular weight is 517 g/mol. The molecule has 0 fully saturated rings. The van der Waals surface area contributed by atoms with Crippen LogP contribution in [0.15, 0.2) is 71.1 Å². The van der Waals surface area contributed by atoms with Gasteiger partial charge >= 0.3 is 5.97 Å². The topological polar surface area (TPSA) is 97.6 Å². The molecular formula is C30H29FN2O5. The van der Waals surface area contributed by atoms with E-state index in [0.29, 0.717) is 33.4 Å². The molecule has 2 amide bonds. The molecule has 1 heterocycles. The molecule has 196 valence electrons. The highest BCUT2D eigenvalue weighted by atomic mass is 19.1. The zero-order valence-corrected chi connectivity index (χ0v) is 21.6. The van der Waals surface area contributed by atoms with Gasteiger partial charge in [0, 0.05) is 23.6 Å². The fraction of sp³-hybridized carbons (Fsp3) is 0.233. The van der Waals surface area contributed by atoms with E-state index in [2.05, 4.69) is 10.6 Å². The molecule has 7 nitrogen and oxygen atoms in total. The van der Waals surface area contributed by atoms with E-state index < -0.39 is 17.9 Å². The van der Waals surface area contributed by atoms with Crippen molar-refractivity contribution in [2.45, 2.75) is 26.8 Å². The highest BCUT2D eigenvalue weighted by Crippen LogP contribution is 2.36. The Morgan fingerprint density at radius 2 is 1.61 bits per heavy atom. The Labute approximate surface area is 220 Å². The summed E-state index contributed by atoms with van der Waals surface area (Å²) >= 11 is 0.